The van der Waals surface area contributed by atoms with Crippen LogP contribution in [0.15, 0.2) is 18.3 Å². The van der Waals surface area contributed by atoms with Crippen molar-refractivity contribution in [3.63, 3.8) is 0 Å². The molecular weight excluding hydrogens is 226 g/mol. The molecule has 2 unspecified atom stereocenters. The van der Waals surface area contributed by atoms with Gasteiger partial charge in [0, 0.05) is 18.8 Å². The summed E-state index contributed by atoms with van der Waals surface area (Å²) in [6.45, 7) is 0.749. The van der Waals surface area contributed by atoms with E-state index in [-0.39, 0.29) is 12.1 Å². The molecule has 4 nitrogen and oxygen atoms in total. The molecule has 0 aromatic carbocycles. The lowest BCUT2D eigenvalue weighted by Gasteiger charge is -2.35. The monoisotopic (exact) mass is 245 g/mol. The summed E-state index contributed by atoms with van der Waals surface area (Å²) in [4.78, 5) is 6.14. The Morgan fingerprint density at radius 3 is 3.00 bits per heavy atom. The zero-order chi connectivity index (χ0) is 13.0. The van der Waals surface area contributed by atoms with Gasteiger partial charge in [-0.1, -0.05) is 12.8 Å². The number of nitriles is 1. The molecule has 1 saturated carbocycles. The Kier molecular flexibility index (Phi) is 4.29. The van der Waals surface area contributed by atoms with Gasteiger partial charge in [0.05, 0.1) is 6.10 Å². The number of aliphatic hydroxyl groups is 1. The van der Waals surface area contributed by atoms with Crippen LogP contribution in [-0.4, -0.2) is 34.2 Å². The van der Waals surface area contributed by atoms with Gasteiger partial charge in [0.1, 0.15) is 11.8 Å². The van der Waals surface area contributed by atoms with Crippen molar-refractivity contribution in [1.82, 2.24) is 9.88 Å². The molecule has 2 rings (SSSR count). The van der Waals surface area contributed by atoms with Crippen LogP contribution in [0.5, 0.6) is 0 Å². The lowest BCUT2D eigenvalue weighted by molar-refractivity contribution is 0.0288. The van der Waals surface area contributed by atoms with Gasteiger partial charge in [-0.2, -0.15) is 5.26 Å². The van der Waals surface area contributed by atoms with E-state index in [1.54, 1.807) is 6.20 Å². The van der Waals surface area contributed by atoms with Crippen molar-refractivity contribution in [2.75, 3.05) is 7.05 Å². The van der Waals surface area contributed by atoms with Crippen LogP contribution in [0.4, 0.5) is 0 Å². The van der Waals surface area contributed by atoms with E-state index >= 15 is 0 Å². The lowest BCUT2D eigenvalue weighted by atomic mass is 9.91. The van der Waals surface area contributed by atoms with Gasteiger partial charge in [-0.15, -0.1) is 0 Å². The molecule has 1 fully saturated rings. The Balaban J connectivity index is 2.01. The molecular formula is C14H19N3O. The number of aromatic nitrogens is 1. The number of likely N-dealkylation sites (N-methyl/N-ethyl adjacent to an activating group) is 1. The van der Waals surface area contributed by atoms with Crippen molar-refractivity contribution in [1.29, 1.82) is 5.26 Å². The summed E-state index contributed by atoms with van der Waals surface area (Å²) in [5.74, 6) is 0. The van der Waals surface area contributed by atoms with E-state index in [9.17, 15) is 5.11 Å². The highest BCUT2D eigenvalue weighted by Crippen LogP contribution is 2.23. The minimum absolute atomic E-state index is 0.221. The van der Waals surface area contributed by atoms with Gasteiger partial charge in [0.25, 0.3) is 0 Å². The fourth-order valence-corrected chi connectivity index (χ4v) is 2.64. The summed E-state index contributed by atoms with van der Waals surface area (Å²) < 4.78 is 0. The maximum atomic E-state index is 10.0. The molecule has 18 heavy (non-hydrogen) atoms. The Labute approximate surface area is 108 Å². The maximum Gasteiger partial charge on any atom is 0.140 e. The van der Waals surface area contributed by atoms with E-state index in [1.165, 1.54) is 6.42 Å². The van der Waals surface area contributed by atoms with Crippen molar-refractivity contribution in [2.24, 2.45) is 0 Å². The number of aliphatic hydroxyl groups excluding tert-OH is 1. The Morgan fingerprint density at radius 2 is 2.28 bits per heavy atom. The highest BCUT2D eigenvalue weighted by molar-refractivity contribution is 5.25. The average Bonchev–Trinajstić information content (AvgIpc) is 2.39. The maximum absolute atomic E-state index is 10.0. The molecule has 4 heteroatoms. The first kappa shape index (κ1) is 13.0. The van der Waals surface area contributed by atoms with Gasteiger partial charge in [-0.25, -0.2) is 4.98 Å². The first-order chi connectivity index (χ1) is 8.70. The third-order valence-electron chi connectivity index (χ3n) is 3.63. The third kappa shape index (κ3) is 3.06. The van der Waals surface area contributed by atoms with Crippen LogP contribution in [0.3, 0.4) is 0 Å². The predicted octanol–water partition coefficient (Wildman–Crippen LogP) is 1.69. The number of pyridine rings is 1. The van der Waals surface area contributed by atoms with Gasteiger partial charge in [0.15, 0.2) is 0 Å². The summed E-state index contributed by atoms with van der Waals surface area (Å²) in [5.41, 5.74) is 1.52. The second-order valence-electron chi connectivity index (χ2n) is 5.00. The molecule has 1 aromatic heterocycles. The second-order valence-corrected chi connectivity index (χ2v) is 5.00. The van der Waals surface area contributed by atoms with Crippen LogP contribution in [-0.2, 0) is 6.54 Å². The first-order valence-corrected chi connectivity index (χ1v) is 6.44. The lowest BCUT2D eigenvalue weighted by Crippen LogP contribution is -2.42. The molecule has 1 aromatic rings. The van der Waals surface area contributed by atoms with Crippen LogP contribution in [0.1, 0.15) is 36.9 Å². The molecule has 2 atom stereocenters. The standard InChI is InChI=1S/C14H19N3O/c1-17(13-4-2-3-5-14(13)18)10-11-6-7-16-12(8-11)9-15/h6-8,13-14,18H,2-5,10H2,1H3. The molecule has 1 aliphatic rings. The summed E-state index contributed by atoms with van der Waals surface area (Å²) >= 11 is 0. The van der Waals surface area contributed by atoms with E-state index in [0.29, 0.717) is 5.69 Å². The van der Waals surface area contributed by atoms with Crippen LogP contribution in [0.25, 0.3) is 0 Å². The Bertz CT molecular complexity index is 441. The van der Waals surface area contributed by atoms with Crippen molar-refractivity contribution < 1.29 is 5.11 Å². The van der Waals surface area contributed by atoms with Gasteiger partial charge >= 0.3 is 0 Å². The molecule has 96 valence electrons. The highest BCUT2D eigenvalue weighted by atomic mass is 16.3. The first-order valence-electron chi connectivity index (χ1n) is 6.44. The molecule has 0 radical (unpaired) electrons. The van der Waals surface area contributed by atoms with E-state index < -0.39 is 0 Å². The van der Waals surface area contributed by atoms with Gasteiger partial charge in [-0.05, 0) is 37.6 Å². The Morgan fingerprint density at radius 1 is 1.50 bits per heavy atom. The number of hydrogen-bond acceptors (Lipinski definition) is 4. The predicted molar refractivity (Wildman–Crippen MR) is 68.7 cm³/mol. The summed E-state index contributed by atoms with van der Waals surface area (Å²) in [7, 11) is 2.03. The van der Waals surface area contributed by atoms with Crippen LogP contribution < -0.4 is 0 Å². The minimum Gasteiger partial charge on any atom is -0.391 e. The smallest absolute Gasteiger partial charge is 0.140 e. The van der Waals surface area contributed by atoms with Crippen molar-refractivity contribution >= 4 is 0 Å². The molecule has 1 aliphatic carbocycles. The van der Waals surface area contributed by atoms with Crippen LogP contribution >= 0.6 is 0 Å². The van der Waals surface area contributed by atoms with E-state index in [0.717, 1.165) is 31.4 Å². The second kappa shape index (κ2) is 5.94. The van der Waals surface area contributed by atoms with Crippen molar-refractivity contribution in [3.8, 4) is 6.07 Å². The fourth-order valence-electron chi connectivity index (χ4n) is 2.64. The summed E-state index contributed by atoms with van der Waals surface area (Å²) in [5, 5.41) is 18.8. The van der Waals surface area contributed by atoms with E-state index in [1.807, 2.05) is 25.2 Å². The molecule has 1 N–H and O–H groups in total. The largest absolute Gasteiger partial charge is 0.391 e. The molecule has 0 amide bonds. The van der Waals surface area contributed by atoms with Crippen molar-refractivity contribution in [2.45, 2.75) is 44.4 Å². The van der Waals surface area contributed by atoms with Crippen molar-refractivity contribution in [3.05, 3.63) is 29.6 Å². The van der Waals surface area contributed by atoms with E-state index in [2.05, 4.69) is 9.88 Å². The number of nitrogens with zero attached hydrogens (tertiary/aromatic N) is 3. The highest BCUT2D eigenvalue weighted by Gasteiger charge is 2.26. The van der Waals surface area contributed by atoms with Gasteiger partial charge in [0.2, 0.25) is 0 Å². The van der Waals surface area contributed by atoms with Gasteiger partial charge < -0.3 is 5.11 Å². The molecule has 0 bridgehead atoms. The average molecular weight is 245 g/mol. The zero-order valence-corrected chi connectivity index (χ0v) is 10.7. The minimum atomic E-state index is -0.221. The van der Waals surface area contributed by atoms with Crippen LogP contribution in [0, 0.1) is 11.3 Å². The SMILES string of the molecule is CN(Cc1ccnc(C#N)c1)C1CCCCC1O. The molecule has 0 aliphatic heterocycles. The van der Waals surface area contributed by atoms with Gasteiger partial charge in [-0.3, -0.25) is 4.90 Å². The summed E-state index contributed by atoms with van der Waals surface area (Å²) in [6.07, 6.45) is 5.70. The van der Waals surface area contributed by atoms with E-state index in [4.69, 9.17) is 5.26 Å². The van der Waals surface area contributed by atoms with Crippen LogP contribution in [0.2, 0.25) is 0 Å². The molecule has 1 heterocycles. The number of hydrogen-bond donors (Lipinski definition) is 1. The fraction of sp³-hybridized carbons (Fsp3) is 0.571. The number of rotatable bonds is 3. The summed E-state index contributed by atoms with van der Waals surface area (Å²) in [6, 6.07) is 6.02. The molecule has 0 saturated heterocycles. The Hall–Kier alpha value is -1.44. The third-order valence-corrected chi connectivity index (χ3v) is 3.63. The normalized spacial score (nSPS) is 23.9. The molecule has 0 spiro atoms. The quantitative estimate of drug-likeness (QED) is 0.880. The topological polar surface area (TPSA) is 60.2 Å². The zero-order valence-electron chi connectivity index (χ0n) is 10.7.